The summed E-state index contributed by atoms with van der Waals surface area (Å²) >= 11 is 0. The highest BCUT2D eigenvalue weighted by Crippen LogP contribution is 2.35. The van der Waals surface area contributed by atoms with Gasteiger partial charge in [-0.15, -0.1) is 0 Å². The van der Waals surface area contributed by atoms with Crippen molar-refractivity contribution < 1.29 is 0 Å². The van der Waals surface area contributed by atoms with Crippen LogP contribution >= 0.6 is 0 Å². The van der Waals surface area contributed by atoms with E-state index in [1.807, 2.05) is 11.7 Å². The highest BCUT2D eigenvalue weighted by atomic mass is 15.3. The van der Waals surface area contributed by atoms with E-state index in [0.717, 1.165) is 18.9 Å². The van der Waals surface area contributed by atoms with Gasteiger partial charge in [0.15, 0.2) is 5.82 Å². The second-order valence-corrected chi connectivity index (χ2v) is 4.77. The van der Waals surface area contributed by atoms with Crippen LogP contribution in [0.2, 0.25) is 0 Å². The van der Waals surface area contributed by atoms with Gasteiger partial charge < -0.3 is 5.32 Å². The summed E-state index contributed by atoms with van der Waals surface area (Å²) in [6.07, 6.45) is 5.15. The summed E-state index contributed by atoms with van der Waals surface area (Å²) in [6.45, 7) is 2.16. The molecule has 2 heterocycles. The molecule has 4 nitrogen and oxygen atoms in total. The largest absolute Gasteiger partial charge is 0.316 e. The van der Waals surface area contributed by atoms with Crippen molar-refractivity contribution >= 4 is 0 Å². The van der Waals surface area contributed by atoms with Crippen LogP contribution in [0, 0.1) is 0 Å². The molecule has 1 saturated heterocycles. The lowest BCUT2D eigenvalue weighted by molar-refractivity contribution is 0.388. The highest BCUT2D eigenvalue weighted by molar-refractivity contribution is 5.08. The quantitative estimate of drug-likeness (QED) is 0.789. The maximum absolute atomic E-state index is 4.73. The fraction of sp³-hybridized carbons (Fsp3) is 0.818. The Hall–Kier alpha value is -0.900. The summed E-state index contributed by atoms with van der Waals surface area (Å²) in [5, 5.41) is 7.93. The van der Waals surface area contributed by atoms with Crippen molar-refractivity contribution in [1.29, 1.82) is 0 Å². The Balaban J connectivity index is 1.83. The van der Waals surface area contributed by atoms with E-state index < -0.39 is 0 Å². The number of nitrogens with zero attached hydrogens (tertiary/aromatic N) is 3. The summed E-state index contributed by atoms with van der Waals surface area (Å²) in [5.74, 6) is 3.50. The average molecular weight is 206 g/mol. The Kier molecular flexibility index (Phi) is 2.24. The zero-order valence-electron chi connectivity index (χ0n) is 9.24. The molecular formula is C11H18N4. The molecule has 1 N–H and O–H groups in total. The Morgan fingerprint density at radius 2 is 2.13 bits per heavy atom. The Morgan fingerprint density at radius 3 is 2.73 bits per heavy atom. The van der Waals surface area contributed by atoms with E-state index in [2.05, 4.69) is 10.4 Å². The second-order valence-electron chi connectivity index (χ2n) is 4.77. The summed E-state index contributed by atoms with van der Waals surface area (Å²) < 4.78 is 2.00. The Morgan fingerprint density at radius 1 is 1.27 bits per heavy atom. The van der Waals surface area contributed by atoms with Gasteiger partial charge in [-0.1, -0.05) is 6.42 Å². The van der Waals surface area contributed by atoms with E-state index in [-0.39, 0.29) is 0 Å². The number of aromatic nitrogens is 3. The molecule has 1 aliphatic carbocycles. The lowest BCUT2D eigenvalue weighted by atomic mass is 9.85. The van der Waals surface area contributed by atoms with Crippen LogP contribution in [0.1, 0.15) is 49.2 Å². The maximum Gasteiger partial charge on any atom is 0.155 e. The van der Waals surface area contributed by atoms with Crippen LogP contribution in [0.25, 0.3) is 0 Å². The van der Waals surface area contributed by atoms with Crippen molar-refractivity contribution in [2.75, 3.05) is 13.1 Å². The predicted octanol–water partition coefficient (Wildman–Crippen LogP) is 1.16. The zero-order chi connectivity index (χ0) is 10.3. The SMILES string of the molecule is Cn1nc(C2CCNC2)nc1C1CCC1. The molecule has 1 aromatic heterocycles. The van der Waals surface area contributed by atoms with E-state index >= 15 is 0 Å². The van der Waals surface area contributed by atoms with Crippen LogP contribution in [0.3, 0.4) is 0 Å². The van der Waals surface area contributed by atoms with Crippen molar-refractivity contribution in [3.05, 3.63) is 11.6 Å². The normalized spacial score (nSPS) is 26.9. The lowest BCUT2D eigenvalue weighted by Gasteiger charge is -2.23. The van der Waals surface area contributed by atoms with Crippen LogP contribution in [0.4, 0.5) is 0 Å². The molecule has 0 aromatic carbocycles. The lowest BCUT2D eigenvalue weighted by Crippen LogP contribution is -2.14. The number of hydrogen-bond acceptors (Lipinski definition) is 3. The minimum Gasteiger partial charge on any atom is -0.316 e. The number of aryl methyl sites for hydroxylation is 1. The molecule has 0 bridgehead atoms. The molecule has 15 heavy (non-hydrogen) atoms. The first kappa shape index (κ1) is 9.33. The monoisotopic (exact) mass is 206 g/mol. The molecule has 2 aliphatic rings. The van der Waals surface area contributed by atoms with E-state index in [0.29, 0.717) is 11.8 Å². The fourth-order valence-electron chi connectivity index (χ4n) is 2.49. The van der Waals surface area contributed by atoms with Crippen LogP contribution in [-0.2, 0) is 7.05 Å². The summed E-state index contributed by atoms with van der Waals surface area (Å²) in [5.41, 5.74) is 0. The van der Waals surface area contributed by atoms with E-state index in [1.165, 1.54) is 31.5 Å². The van der Waals surface area contributed by atoms with Gasteiger partial charge in [-0.3, -0.25) is 4.68 Å². The molecule has 1 saturated carbocycles. The van der Waals surface area contributed by atoms with Crippen molar-refractivity contribution in [2.24, 2.45) is 7.05 Å². The molecule has 1 atom stereocenters. The Labute approximate surface area is 90.1 Å². The first-order valence-electron chi connectivity index (χ1n) is 5.96. The Bertz CT molecular complexity index is 347. The molecule has 82 valence electrons. The molecule has 1 aliphatic heterocycles. The van der Waals surface area contributed by atoms with E-state index in [9.17, 15) is 0 Å². The molecule has 0 radical (unpaired) electrons. The predicted molar refractivity (Wildman–Crippen MR) is 57.8 cm³/mol. The molecule has 0 amide bonds. The van der Waals surface area contributed by atoms with Crippen molar-refractivity contribution in [3.8, 4) is 0 Å². The van der Waals surface area contributed by atoms with Crippen LogP contribution in [-0.4, -0.2) is 27.9 Å². The number of nitrogens with one attached hydrogen (secondary N) is 1. The topological polar surface area (TPSA) is 42.7 Å². The van der Waals surface area contributed by atoms with Gasteiger partial charge in [0.1, 0.15) is 5.82 Å². The molecule has 4 heteroatoms. The van der Waals surface area contributed by atoms with Crippen molar-refractivity contribution in [2.45, 2.75) is 37.5 Å². The van der Waals surface area contributed by atoms with Gasteiger partial charge in [-0.2, -0.15) is 5.10 Å². The molecule has 1 unspecified atom stereocenters. The third-order valence-electron chi connectivity index (χ3n) is 3.71. The third kappa shape index (κ3) is 1.57. The molecule has 0 spiro atoms. The standard InChI is InChI=1S/C11H18N4/c1-15-11(8-3-2-4-8)13-10(14-15)9-5-6-12-7-9/h8-9,12H,2-7H2,1H3. The van der Waals surface area contributed by atoms with Crippen molar-refractivity contribution in [3.63, 3.8) is 0 Å². The second kappa shape index (κ2) is 3.59. The first-order valence-corrected chi connectivity index (χ1v) is 5.96. The zero-order valence-corrected chi connectivity index (χ0v) is 9.24. The molecule has 2 fully saturated rings. The minimum absolute atomic E-state index is 0.546. The molecule has 3 rings (SSSR count). The maximum atomic E-state index is 4.73. The average Bonchev–Trinajstić information content (AvgIpc) is 2.72. The molecule has 1 aromatic rings. The summed E-state index contributed by atoms with van der Waals surface area (Å²) in [7, 11) is 2.03. The van der Waals surface area contributed by atoms with Gasteiger partial charge in [0.05, 0.1) is 0 Å². The summed E-state index contributed by atoms with van der Waals surface area (Å²) in [6, 6.07) is 0. The van der Waals surface area contributed by atoms with Gasteiger partial charge in [-0.05, 0) is 25.8 Å². The van der Waals surface area contributed by atoms with E-state index in [4.69, 9.17) is 4.98 Å². The van der Waals surface area contributed by atoms with Crippen LogP contribution < -0.4 is 5.32 Å². The van der Waals surface area contributed by atoms with Gasteiger partial charge in [-0.25, -0.2) is 4.98 Å². The third-order valence-corrected chi connectivity index (χ3v) is 3.71. The molecular weight excluding hydrogens is 188 g/mol. The summed E-state index contributed by atoms with van der Waals surface area (Å²) in [4.78, 5) is 4.73. The minimum atomic E-state index is 0.546. The van der Waals surface area contributed by atoms with Gasteiger partial charge in [0, 0.05) is 25.4 Å². The first-order chi connectivity index (χ1) is 7.34. The van der Waals surface area contributed by atoms with Crippen molar-refractivity contribution in [1.82, 2.24) is 20.1 Å². The fourth-order valence-corrected chi connectivity index (χ4v) is 2.49. The number of rotatable bonds is 2. The van der Waals surface area contributed by atoms with E-state index in [1.54, 1.807) is 0 Å². The van der Waals surface area contributed by atoms with Gasteiger partial charge >= 0.3 is 0 Å². The van der Waals surface area contributed by atoms with Gasteiger partial charge in [0.2, 0.25) is 0 Å². The number of hydrogen-bond donors (Lipinski definition) is 1. The van der Waals surface area contributed by atoms with Crippen LogP contribution in [0.5, 0.6) is 0 Å². The van der Waals surface area contributed by atoms with Gasteiger partial charge in [0.25, 0.3) is 0 Å². The van der Waals surface area contributed by atoms with Crippen LogP contribution in [0.15, 0.2) is 0 Å². The highest BCUT2D eigenvalue weighted by Gasteiger charge is 2.27. The smallest absolute Gasteiger partial charge is 0.155 e.